The highest BCUT2D eigenvalue weighted by atomic mass is 32.2. The van der Waals surface area contributed by atoms with Gasteiger partial charge in [0.15, 0.2) is 4.90 Å². The van der Waals surface area contributed by atoms with E-state index in [2.05, 4.69) is 9.64 Å². The first kappa shape index (κ1) is 28.3. The van der Waals surface area contributed by atoms with E-state index in [-0.39, 0.29) is 24.3 Å². The molecule has 0 spiro atoms. The number of halogens is 4. The molecule has 2 heterocycles. The van der Waals surface area contributed by atoms with Crippen LogP contribution in [-0.2, 0) is 11.2 Å². The van der Waals surface area contributed by atoms with Crippen molar-refractivity contribution in [1.82, 2.24) is 4.90 Å². The second-order valence-corrected chi connectivity index (χ2v) is 11.5. The maximum Gasteiger partial charge on any atom is 0.573 e. The number of rotatable bonds is 8. The Hall–Kier alpha value is -3.21. The standard InChI is InChI=1S/C30H29F4NO4S/c31-13-1-14-35-15-12-27(19-35)38-25-8-5-21(6-9-25)28-17-23(16-22-2-7-24(36)18-29(22)40(28)37)20-3-10-26(11-4-20)39-30(32,33)34/h2-11,16,18,27-28,36H,1,12-15,17,19H2/t27-,28?,40?/m0/s1. The van der Waals surface area contributed by atoms with Crippen LogP contribution in [0.2, 0.25) is 0 Å². The Morgan fingerprint density at radius 2 is 1.73 bits per heavy atom. The summed E-state index contributed by atoms with van der Waals surface area (Å²) >= 11 is -1.53. The van der Waals surface area contributed by atoms with Crippen molar-refractivity contribution >= 4 is 22.8 Å². The maximum atomic E-state index is 13.8. The molecule has 40 heavy (non-hydrogen) atoms. The highest BCUT2D eigenvalue weighted by molar-refractivity contribution is 7.91. The summed E-state index contributed by atoms with van der Waals surface area (Å²) in [5, 5.41) is 9.63. The molecule has 1 fully saturated rings. The zero-order chi connectivity index (χ0) is 28.3. The molecule has 0 amide bonds. The highest BCUT2D eigenvalue weighted by Crippen LogP contribution is 2.44. The normalized spacial score (nSPS) is 21.4. The Kier molecular flexibility index (Phi) is 8.58. The van der Waals surface area contributed by atoms with E-state index in [0.717, 1.165) is 30.6 Å². The molecule has 2 aliphatic heterocycles. The Labute approximate surface area is 233 Å². The number of aromatic hydroxyl groups is 1. The van der Waals surface area contributed by atoms with E-state index >= 15 is 0 Å². The van der Waals surface area contributed by atoms with Gasteiger partial charge in [0.25, 0.3) is 0 Å². The van der Waals surface area contributed by atoms with Crippen molar-refractivity contribution in [2.75, 3.05) is 26.3 Å². The number of ether oxygens (including phenoxy) is 2. The molecule has 2 unspecified atom stereocenters. The molecule has 0 aromatic heterocycles. The molecule has 5 rings (SSSR count). The Morgan fingerprint density at radius 1 is 1.00 bits per heavy atom. The smallest absolute Gasteiger partial charge is 0.573 e. The summed E-state index contributed by atoms with van der Waals surface area (Å²) in [6, 6.07) is 17.7. The van der Waals surface area contributed by atoms with Gasteiger partial charge in [-0.15, -0.1) is 13.2 Å². The number of fused-ring (bicyclic) bond motifs is 1. The molecule has 3 aromatic rings. The fraction of sp³-hybridized carbons (Fsp3) is 0.333. The van der Waals surface area contributed by atoms with Gasteiger partial charge in [-0.1, -0.05) is 24.3 Å². The summed E-state index contributed by atoms with van der Waals surface area (Å²) in [4.78, 5) is 2.67. The second kappa shape index (κ2) is 12.1. The van der Waals surface area contributed by atoms with Crippen LogP contribution in [0.1, 0.15) is 41.2 Å². The third-order valence-corrected chi connectivity index (χ3v) is 8.80. The number of benzene rings is 3. The van der Waals surface area contributed by atoms with E-state index in [9.17, 15) is 27.2 Å². The Bertz CT molecular complexity index is 1330. The number of alkyl halides is 4. The average molecular weight is 576 g/mol. The van der Waals surface area contributed by atoms with Gasteiger partial charge in [0.1, 0.15) is 28.6 Å². The molecule has 5 nitrogen and oxygen atoms in total. The van der Waals surface area contributed by atoms with Gasteiger partial charge in [-0.25, -0.2) is 0 Å². The summed E-state index contributed by atoms with van der Waals surface area (Å²) < 4.78 is 74.3. The molecule has 1 saturated heterocycles. The predicted octanol–water partition coefficient (Wildman–Crippen LogP) is 6.90. The molecule has 0 aliphatic carbocycles. The summed E-state index contributed by atoms with van der Waals surface area (Å²) in [6.45, 7) is 2.00. The minimum Gasteiger partial charge on any atom is -0.611 e. The second-order valence-electron chi connectivity index (χ2n) is 9.89. The van der Waals surface area contributed by atoms with Gasteiger partial charge in [0, 0.05) is 43.2 Å². The van der Waals surface area contributed by atoms with Crippen LogP contribution in [0.15, 0.2) is 71.6 Å². The minimum absolute atomic E-state index is 0.00257. The number of hydrogen-bond acceptors (Lipinski definition) is 5. The van der Waals surface area contributed by atoms with Crippen LogP contribution in [0, 0.1) is 0 Å². The van der Waals surface area contributed by atoms with Gasteiger partial charge in [0.05, 0.1) is 6.67 Å². The quantitative estimate of drug-likeness (QED) is 0.234. The number of hydrogen-bond donors (Lipinski definition) is 1. The summed E-state index contributed by atoms with van der Waals surface area (Å²) in [6.07, 6.45) is -1.17. The lowest BCUT2D eigenvalue weighted by Gasteiger charge is -2.22. The Balaban J connectivity index is 1.37. The van der Waals surface area contributed by atoms with Gasteiger partial charge >= 0.3 is 6.36 Å². The van der Waals surface area contributed by atoms with Crippen molar-refractivity contribution < 1.29 is 36.7 Å². The number of nitrogens with zero attached hydrogens (tertiary/aromatic N) is 1. The van der Waals surface area contributed by atoms with Crippen LogP contribution in [0.3, 0.4) is 0 Å². The zero-order valence-electron chi connectivity index (χ0n) is 21.6. The molecular formula is C30H29F4NO4S. The molecule has 0 saturated carbocycles. The van der Waals surface area contributed by atoms with Crippen LogP contribution in [0.5, 0.6) is 17.2 Å². The van der Waals surface area contributed by atoms with Gasteiger partial charge in [-0.2, -0.15) is 0 Å². The first-order valence-corrected chi connectivity index (χ1v) is 14.2. The molecule has 0 radical (unpaired) electrons. The molecule has 0 bridgehead atoms. The third kappa shape index (κ3) is 6.92. The van der Waals surface area contributed by atoms with Crippen LogP contribution in [0.4, 0.5) is 17.6 Å². The van der Waals surface area contributed by atoms with E-state index in [4.69, 9.17) is 4.74 Å². The van der Waals surface area contributed by atoms with Crippen LogP contribution in [0.25, 0.3) is 11.6 Å². The van der Waals surface area contributed by atoms with Crippen LogP contribution >= 0.6 is 0 Å². The fourth-order valence-corrected chi connectivity index (χ4v) is 6.78. The number of likely N-dealkylation sites (tertiary alicyclic amines) is 1. The number of phenolic OH excluding ortho intramolecular Hbond substituents is 1. The van der Waals surface area contributed by atoms with Crippen LogP contribution < -0.4 is 9.47 Å². The van der Waals surface area contributed by atoms with Crippen LogP contribution in [-0.4, -0.2) is 53.3 Å². The zero-order valence-corrected chi connectivity index (χ0v) is 22.4. The summed E-state index contributed by atoms with van der Waals surface area (Å²) in [7, 11) is 0. The van der Waals surface area contributed by atoms with Crippen molar-refractivity contribution in [2.24, 2.45) is 0 Å². The van der Waals surface area contributed by atoms with E-state index in [1.807, 2.05) is 30.3 Å². The highest BCUT2D eigenvalue weighted by Gasteiger charge is 2.34. The lowest BCUT2D eigenvalue weighted by Crippen LogP contribution is -2.26. The van der Waals surface area contributed by atoms with E-state index < -0.39 is 22.8 Å². The molecular weight excluding hydrogens is 546 g/mol. The Morgan fingerprint density at radius 3 is 2.42 bits per heavy atom. The lowest BCUT2D eigenvalue weighted by molar-refractivity contribution is -0.274. The number of allylic oxidation sites excluding steroid dienone is 1. The SMILES string of the molecule is [O-][S+]1c2cc(O)ccc2C=C(c2ccc(OC(F)(F)F)cc2)CC1c1ccc(O[C@H]2CCN(CCCF)C2)cc1. The molecule has 212 valence electrons. The lowest BCUT2D eigenvalue weighted by atomic mass is 9.96. The monoisotopic (exact) mass is 575 g/mol. The van der Waals surface area contributed by atoms with E-state index in [1.54, 1.807) is 18.2 Å². The number of phenols is 1. The first-order valence-electron chi connectivity index (χ1n) is 13.0. The molecule has 3 aromatic carbocycles. The minimum atomic E-state index is -4.78. The largest absolute Gasteiger partial charge is 0.611 e. The first-order chi connectivity index (χ1) is 19.2. The third-order valence-electron chi connectivity index (χ3n) is 7.06. The molecule has 2 aliphatic rings. The van der Waals surface area contributed by atoms with E-state index in [0.29, 0.717) is 41.2 Å². The topological polar surface area (TPSA) is 65.0 Å². The van der Waals surface area contributed by atoms with Crippen molar-refractivity contribution in [3.05, 3.63) is 83.4 Å². The van der Waals surface area contributed by atoms with Crippen molar-refractivity contribution in [3.63, 3.8) is 0 Å². The average Bonchev–Trinajstić information content (AvgIpc) is 3.31. The summed E-state index contributed by atoms with van der Waals surface area (Å²) in [5.74, 6) is 0.367. The van der Waals surface area contributed by atoms with Gasteiger partial charge in [0.2, 0.25) is 0 Å². The van der Waals surface area contributed by atoms with E-state index in [1.165, 1.54) is 24.3 Å². The van der Waals surface area contributed by atoms with Gasteiger partial charge < -0.3 is 19.1 Å². The van der Waals surface area contributed by atoms with Crippen molar-refractivity contribution in [3.8, 4) is 17.2 Å². The van der Waals surface area contributed by atoms with Gasteiger partial charge in [-0.05, 0) is 77.6 Å². The summed E-state index contributed by atoms with van der Waals surface area (Å²) in [5.41, 5.74) is 2.94. The van der Waals surface area contributed by atoms with Crippen molar-refractivity contribution in [2.45, 2.75) is 41.9 Å². The van der Waals surface area contributed by atoms with Gasteiger partial charge in [-0.3, -0.25) is 9.29 Å². The van der Waals surface area contributed by atoms with Crippen molar-refractivity contribution in [1.29, 1.82) is 0 Å². The fourth-order valence-electron chi connectivity index (χ4n) is 5.14. The maximum absolute atomic E-state index is 13.8. The predicted molar refractivity (Wildman–Crippen MR) is 145 cm³/mol. The molecule has 10 heteroatoms. The molecule has 1 N–H and O–H groups in total. The molecule has 3 atom stereocenters.